The molecular weight excluding hydrogens is 200 g/mol. The van der Waals surface area contributed by atoms with E-state index in [1.54, 1.807) is 12.2 Å². The van der Waals surface area contributed by atoms with Crippen LogP contribution in [0.3, 0.4) is 0 Å². The van der Waals surface area contributed by atoms with Gasteiger partial charge in [-0.1, -0.05) is 31.6 Å². The van der Waals surface area contributed by atoms with Crippen LogP contribution in [0.4, 0.5) is 0 Å². The molecule has 0 heterocycles. The fourth-order valence-corrected chi connectivity index (χ4v) is 1.91. The van der Waals surface area contributed by atoms with Crippen LogP contribution in [0.15, 0.2) is 23.8 Å². The second-order valence-electron chi connectivity index (χ2n) is 5.09. The number of hydrogen-bond acceptors (Lipinski definition) is 2. The third-order valence-electron chi connectivity index (χ3n) is 2.96. The molecule has 1 aliphatic rings. The lowest BCUT2D eigenvalue weighted by Crippen LogP contribution is -2.28. The van der Waals surface area contributed by atoms with Crippen LogP contribution in [0.5, 0.6) is 0 Å². The molecule has 16 heavy (non-hydrogen) atoms. The summed E-state index contributed by atoms with van der Waals surface area (Å²) >= 11 is 0. The van der Waals surface area contributed by atoms with Crippen molar-refractivity contribution in [2.24, 2.45) is 11.8 Å². The van der Waals surface area contributed by atoms with Gasteiger partial charge in [0.25, 0.3) is 0 Å². The smallest absolute Gasteiger partial charge is 0.161 e. The van der Waals surface area contributed by atoms with Gasteiger partial charge in [-0.15, -0.1) is 0 Å². The number of hydrogen-bond donors (Lipinski definition) is 1. The molecule has 0 bridgehead atoms. The molecule has 0 radical (unpaired) electrons. The summed E-state index contributed by atoms with van der Waals surface area (Å²) in [6.45, 7) is 6.23. The van der Waals surface area contributed by atoms with Crippen molar-refractivity contribution in [1.29, 1.82) is 0 Å². The van der Waals surface area contributed by atoms with Gasteiger partial charge in [-0.2, -0.15) is 0 Å². The lowest BCUT2D eigenvalue weighted by molar-refractivity contribution is -0.121. The van der Waals surface area contributed by atoms with E-state index in [0.29, 0.717) is 5.92 Å². The van der Waals surface area contributed by atoms with Crippen LogP contribution in [-0.4, -0.2) is 17.0 Å². The van der Waals surface area contributed by atoms with Crippen LogP contribution in [-0.2, 0) is 4.79 Å². The van der Waals surface area contributed by atoms with Gasteiger partial charge in [0.15, 0.2) is 5.78 Å². The average Bonchev–Trinajstić information content (AvgIpc) is 2.16. The molecule has 0 aromatic rings. The van der Waals surface area contributed by atoms with Crippen LogP contribution in [0, 0.1) is 11.8 Å². The number of rotatable bonds is 4. The maximum Gasteiger partial charge on any atom is 0.161 e. The van der Waals surface area contributed by atoms with E-state index in [0.717, 1.165) is 24.8 Å². The molecule has 0 fully saturated rings. The van der Waals surface area contributed by atoms with Crippen molar-refractivity contribution in [3.8, 4) is 0 Å². The van der Waals surface area contributed by atoms with Gasteiger partial charge in [0, 0.05) is 0 Å². The summed E-state index contributed by atoms with van der Waals surface area (Å²) in [4.78, 5) is 11.7. The fraction of sp³-hybridized carbons (Fsp3) is 0.643. The summed E-state index contributed by atoms with van der Waals surface area (Å²) in [7, 11) is 0. The van der Waals surface area contributed by atoms with Crippen LogP contribution in [0.2, 0.25) is 0 Å². The lowest BCUT2D eigenvalue weighted by Gasteiger charge is -2.22. The predicted molar refractivity (Wildman–Crippen MR) is 66.1 cm³/mol. The second-order valence-corrected chi connectivity index (χ2v) is 5.09. The highest BCUT2D eigenvalue weighted by atomic mass is 16.3. The molecule has 0 amide bonds. The monoisotopic (exact) mass is 222 g/mol. The van der Waals surface area contributed by atoms with E-state index < -0.39 is 6.10 Å². The molecule has 0 spiro atoms. The highest BCUT2D eigenvalue weighted by Gasteiger charge is 2.26. The van der Waals surface area contributed by atoms with Gasteiger partial charge in [-0.05, 0) is 38.2 Å². The van der Waals surface area contributed by atoms with E-state index in [2.05, 4.69) is 13.8 Å². The van der Waals surface area contributed by atoms with Crippen molar-refractivity contribution < 1.29 is 9.90 Å². The van der Waals surface area contributed by atoms with Crippen LogP contribution in [0.1, 0.15) is 40.0 Å². The van der Waals surface area contributed by atoms with Gasteiger partial charge < -0.3 is 5.11 Å². The molecule has 0 aliphatic heterocycles. The number of carbonyl (C=O) groups is 1. The SMILES string of the molecule is CC1=CC(=O)[C@H]([C@@H](O)/C=C/CC(C)C)CC1. The third kappa shape index (κ3) is 3.93. The normalized spacial score (nSPS) is 23.9. The average molecular weight is 222 g/mol. The first-order valence-electron chi connectivity index (χ1n) is 6.06. The van der Waals surface area contributed by atoms with Gasteiger partial charge in [0.05, 0.1) is 12.0 Å². The van der Waals surface area contributed by atoms with Gasteiger partial charge in [0.1, 0.15) is 0 Å². The van der Waals surface area contributed by atoms with E-state index >= 15 is 0 Å². The number of ketones is 1. The van der Waals surface area contributed by atoms with E-state index in [1.807, 2.05) is 13.0 Å². The summed E-state index contributed by atoms with van der Waals surface area (Å²) in [6.07, 6.45) is 7.46. The molecule has 0 unspecified atom stereocenters. The van der Waals surface area contributed by atoms with Crippen molar-refractivity contribution >= 4 is 5.78 Å². The molecule has 2 atom stereocenters. The Hall–Kier alpha value is -0.890. The molecule has 90 valence electrons. The molecule has 1 rings (SSSR count). The minimum Gasteiger partial charge on any atom is -0.388 e. The quantitative estimate of drug-likeness (QED) is 0.743. The Morgan fingerprint density at radius 2 is 2.25 bits per heavy atom. The van der Waals surface area contributed by atoms with Gasteiger partial charge >= 0.3 is 0 Å². The number of allylic oxidation sites excluding steroid dienone is 3. The Kier molecular flexibility index (Phi) is 4.94. The number of aliphatic hydroxyl groups is 1. The molecule has 0 aromatic carbocycles. The van der Waals surface area contributed by atoms with Gasteiger partial charge in [-0.3, -0.25) is 4.79 Å². The molecular formula is C14H22O2. The maximum atomic E-state index is 11.7. The number of carbonyl (C=O) groups excluding carboxylic acids is 1. The molecule has 1 aliphatic carbocycles. The minimum absolute atomic E-state index is 0.0745. The van der Waals surface area contributed by atoms with E-state index in [-0.39, 0.29) is 11.7 Å². The number of aliphatic hydroxyl groups excluding tert-OH is 1. The van der Waals surface area contributed by atoms with Crippen LogP contribution < -0.4 is 0 Å². The van der Waals surface area contributed by atoms with E-state index in [1.165, 1.54) is 0 Å². The Bertz CT molecular complexity index is 300. The Balaban J connectivity index is 2.52. The first-order valence-corrected chi connectivity index (χ1v) is 6.06. The summed E-state index contributed by atoms with van der Waals surface area (Å²) in [5.74, 6) is 0.435. The van der Waals surface area contributed by atoms with E-state index in [9.17, 15) is 9.90 Å². The maximum absolute atomic E-state index is 11.7. The molecule has 0 saturated heterocycles. The van der Waals surface area contributed by atoms with Crippen LogP contribution in [0.25, 0.3) is 0 Å². The summed E-state index contributed by atoms with van der Waals surface area (Å²) in [5, 5.41) is 9.91. The summed E-state index contributed by atoms with van der Waals surface area (Å²) in [5.41, 5.74) is 1.12. The second kappa shape index (κ2) is 6.00. The Morgan fingerprint density at radius 1 is 1.56 bits per heavy atom. The van der Waals surface area contributed by atoms with Gasteiger partial charge in [-0.25, -0.2) is 0 Å². The van der Waals surface area contributed by atoms with E-state index in [4.69, 9.17) is 0 Å². The summed E-state index contributed by atoms with van der Waals surface area (Å²) < 4.78 is 0. The molecule has 0 saturated carbocycles. The van der Waals surface area contributed by atoms with Crippen molar-refractivity contribution in [2.75, 3.05) is 0 Å². The van der Waals surface area contributed by atoms with Crippen molar-refractivity contribution in [3.63, 3.8) is 0 Å². The fourth-order valence-electron chi connectivity index (χ4n) is 1.91. The highest BCUT2D eigenvalue weighted by Crippen LogP contribution is 2.24. The zero-order valence-electron chi connectivity index (χ0n) is 10.4. The lowest BCUT2D eigenvalue weighted by atomic mass is 9.85. The topological polar surface area (TPSA) is 37.3 Å². The molecule has 0 aromatic heterocycles. The zero-order chi connectivity index (χ0) is 12.1. The minimum atomic E-state index is -0.615. The first kappa shape index (κ1) is 13.2. The summed E-state index contributed by atoms with van der Waals surface area (Å²) in [6, 6.07) is 0. The Labute approximate surface area is 98.1 Å². The predicted octanol–water partition coefficient (Wildman–Crippen LogP) is 2.88. The highest BCUT2D eigenvalue weighted by molar-refractivity contribution is 5.93. The molecule has 2 nitrogen and oxygen atoms in total. The largest absolute Gasteiger partial charge is 0.388 e. The van der Waals surface area contributed by atoms with Gasteiger partial charge in [0.2, 0.25) is 0 Å². The zero-order valence-corrected chi connectivity index (χ0v) is 10.4. The van der Waals surface area contributed by atoms with Crippen molar-refractivity contribution in [1.82, 2.24) is 0 Å². The van der Waals surface area contributed by atoms with Crippen molar-refractivity contribution in [2.45, 2.75) is 46.1 Å². The first-order chi connectivity index (χ1) is 7.50. The Morgan fingerprint density at radius 3 is 2.81 bits per heavy atom. The molecule has 1 N–H and O–H groups in total. The standard InChI is InChI=1S/C14H22O2/c1-10(2)5-4-6-13(15)12-8-7-11(3)9-14(12)16/h4,6,9-10,12-13,15H,5,7-8H2,1-3H3/b6-4+/t12-,13-/m0/s1. The third-order valence-corrected chi connectivity index (χ3v) is 2.96. The van der Waals surface area contributed by atoms with Crippen LogP contribution >= 0.6 is 0 Å². The molecule has 2 heteroatoms. The van der Waals surface area contributed by atoms with Crippen molar-refractivity contribution in [3.05, 3.63) is 23.8 Å².